The summed E-state index contributed by atoms with van der Waals surface area (Å²) in [4.78, 5) is 11.4. The Bertz CT molecular complexity index is 621. The van der Waals surface area contributed by atoms with Gasteiger partial charge >= 0.3 is 23.9 Å². The summed E-state index contributed by atoms with van der Waals surface area (Å²) in [5, 5.41) is -0.0882. The number of Topliss-reactive ketones (excluding diaryl/α,β-unsaturated/α-hetero) is 1. The Balaban J connectivity index is 3.42. The maximum Gasteiger partial charge on any atom is 0.460 e. The van der Waals surface area contributed by atoms with Gasteiger partial charge in [0, 0.05) is 10.6 Å². The minimum Gasteiger partial charge on any atom is -0.287 e. The number of halogens is 10. The van der Waals surface area contributed by atoms with Crippen molar-refractivity contribution >= 4 is 17.4 Å². The van der Waals surface area contributed by atoms with Gasteiger partial charge in [0.1, 0.15) is 0 Å². The lowest BCUT2D eigenvalue weighted by molar-refractivity contribution is -0.386. The van der Waals surface area contributed by atoms with Crippen LogP contribution in [0.1, 0.15) is 15.9 Å². The zero-order chi connectivity index (χ0) is 18.4. The molecule has 0 fully saturated rings. The molecule has 0 atom stereocenters. The van der Waals surface area contributed by atoms with E-state index in [4.69, 9.17) is 11.6 Å². The molecular weight excluding hydrogens is 367 g/mol. The Hall–Kier alpha value is -1.45. The van der Waals surface area contributed by atoms with Gasteiger partial charge in [-0.05, 0) is 30.7 Å². The molecule has 0 heterocycles. The van der Waals surface area contributed by atoms with Gasteiger partial charge in [0.25, 0.3) is 0 Å². The lowest BCUT2D eigenvalue weighted by Crippen LogP contribution is -2.63. The van der Waals surface area contributed by atoms with Crippen LogP contribution in [0, 0.1) is 6.92 Å². The number of ketones is 1. The van der Waals surface area contributed by atoms with E-state index in [1.165, 1.54) is 0 Å². The molecule has 0 saturated carbocycles. The molecule has 11 heteroatoms. The second-order valence-corrected chi connectivity index (χ2v) is 4.95. The second kappa shape index (κ2) is 5.57. The van der Waals surface area contributed by atoms with Crippen LogP contribution in [0.15, 0.2) is 18.2 Å². The van der Waals surface area contributed by atoms with Gasteiger partial charge in [-0.2, -0.15) is 39.5 Å². The Morgan fingerprint density at radius 1 is 0.913 bits per heavy atom. The van der Waals surface area contributed by atoms with Crippen molar-refractivity contribution in [1.82, 2.24) is 0 Å². The maximum absolute atomic E-state index is 13.5. The largest absolute Gasteiger partial charge is 0.460 e. The van der Waals surface area contributed by atoms with Crippen LogP contribution in [-0.2, 0) is 0 Å². The summed E-state index contributed by atoms with van der Waals surface area (Å²) in [6.45, 7) is 0.967. The van der Waals surface area contributed by atoms with Gasteiger partial charge < -0.3 is 0 Å². The average Bonchev–Trinajstić information content (AvgIpc) is 2.36. The fourth-order valence-electron chi connectivity index (χ4n) is 1.57. The van der Waals surface area contributed by atoms with E-state index in [0.717, 1.165) is 19.1 Å². The first-order chi connectivity index (χ1) is 10.1. The summed E-state index contributed by atoms with van der Waals surface area (Å²) in [5.41, 5.74) is -1.55. The number of aryl methyl sites for hydroxylation is 1. The molecule has 130 valence electrons. The molecule has 1 aromatic carbocycles. The molecule has 1 rings (SSSR count). The van der Waals surface area contributed by atoms with E-state index in [9.17, 15) is 44.3 Å². The number of alkyl halides is 9. The van der Waals surface area contributed by atoms with Crippen molar-refractivity contribution in [2.45, 2.75) is 30.9 Å². The summed E-state index contributed by atoms with van der Waals surface area (Å²) in [5.74, 6) is -23.3. The van der Waals surface area contributed by atoms with Crippen LogP contribution in [0.4, 0.5) is 39.5 Å². The van der Waals surface area contributed by atoms with Crippen LogP contribution in [0.2, 0.25) is 5.02 Å². The van der Waals surface area contributed by atoms with E-state index in [2.05, 4.69) is 0 Å². The Labute approximate surface area is 128 Å². The molecular formula is C12H6ClF9O. The maximum atomic E-state index is 13.5. The Morgan fingerprint density at radius 2 is 1.39 bits per heavy atom. The number of benzene rings is 1. The van der Waals surface area contributed by atoms with Crippen LogP contribution >= 0.6 is 11.6 Å². The number of hydrogen-bond donors (Lipinski definition) is 0. The van der Waals surface area contributed by atoms with E-state index < -0.39 is 40.9 Å². The highest BCUT2D eigenvalue weighted by atomic mass is 35.5. The van der Waals surface area contributed by atoms with Crippen molar-refractivity contribution < 1.29 is 44.3 Å². The Kier molecular flexibility index (Phi) is 4.75. The average molecular weight is 373 g/mol. The summed E-state index contributed by atoms with van der Waals surface area (Å²) < 4.78 is 115. The molecule has 0 saturated heterocycles. The second-order valence-electron chi connectivity index (χ2n) is 4.51. The van der Waals surface area contributed by atoms with Gasteiger partial charge in [-0.3, -0.25) is 4.79 Å². The lowest BCUT2D eigenvalue weighted by atomic mass is 9.93. The minimum absolute atomic E-state index is 0.0882. The van der Waals surface area contributed by atoms with Crippen molar-refractivity contribution in [3.63, 3.8) is 0 Å². The molecule has 0 unspecified atom stereocenters. The molecule has 1 aromatic rings. The molecule has 0 amide bonds. The van der Waals surface area contributed by atoms with E-state index >= 15 is 0 Å². The molecule has 0 aliphatic rings. The van der Waals surface area contributed by atoms with Crippen molar-refractivity contribution in [2.75, 3.05) is 0 Å². The monoisotopic (exact) mass is 372 g/mol. The van der Waals surface area contributed by atoms with Crippen molar-refractivity contribution in [2.24, 2.45) is 0 Å². The first kappa shape index (κ1) is 19.6. The molecule has 0 radical (unpaired) electrons. The molecule has 0 aliphatic heterocycles. The van der Waals surface area contributed by atoms with E-state index in [0.29, 0.717) is 6.07 Å². The van der Waals surface area contributed by atoms with Crippen molar-refractivity contribution in [1.29, 1.82) is 0 Å². The highest BCUT2D eigenvalue weighted by Gasteiger charge is 2.83. The van der Waals surface area contributed by atoms with Crippen LogP contribution in [-0.4, -0.2) is 29.7 Å². The zero-order valence-corrected chi connectivity index (χ0v) is 11.7. The molecule has 0 bridgehead atoms. The van der Waals surface area contributed by atoms with Gasteiger partial charge in [-0.25, -0.2) is 0 Å². The molecule has 0 spiro atoms. The summed E-state index contributed by atoms with van der Waals surface area (Å²) >= 11 is 5.44. The predicted octanol–water partition coefficient (Wildman–Crippen LogP) is 5.30. The Morgan fingerprint density at radius 3 is 1.78 bits per heavy atom. The molecule has 0 aliphatic carbocycles. The van der Waals surface area contributed by atoms with E-state index in [1.807, 2.05) is 0 Å². The summed E-state index contributed by atoms with van der Waals surface area (Å²) in [6.07, 6.45) is -6.98. The lowest BCUT2D eigenvalue weighted by Gasteiger charge is -2.32. The normalized spacial score (nSPS) is 14.0. The third-order valence-corrected chi connectivity index (χ3v) is 3.10. The third kappa shape index (κ3) is 3.00. The zero-order valence-electron chi connectivity index (χ0n) is 10.9. The van der Waals surface area contributed by atoms with Crippen LogP contribution in [0.3, 0.4) is 0 Å². The van der Waals surface area contributed by atoms with Crippen molar-refractivity contribution in [3.8, 4) is 0 Å². The smallest absolute Gasteiger partial charge is 0.287 e. The minimum atomic E-state index is -7.11. The van der Waals surface area contributed by atoms with Gasteiger partial charge in [0.05, 0.1) is 0 Å². The topological polar surface area (TPSA) is 17.1 Å². The first-order valence-corrected chi connectivity index (χ1v) is 5.96. The van der Waals surface area contributed by atoms with E-state index in [-0.39, 0.29) is 5.02 Å². The predicted molar refractivity (Wildman–Crippen MR) is 61.4 cm³/mol. The van der Waals surface area contributed by atoms with Gasteiger partial charge in [0.15, 0.2) is 0 Å². The van der Waals surface area contributed by atoms with Gasteiger partial charge in [-0.1, -0.05) is 11.6 Å². The fraction of sp³-hybridized carbons (Fsp3) is 0.417. The van der Waals surface area contributed by atoms with Crippen LogP contribution < -0.4 is 0 Å². The molecule has 0 N–H and O–H groups in total. The van der Waals surface area contributed by atoms with Crippen LogP contribution in [0.5, 0.6) is 0 Å². The molecule has 1 nitrogen and oxygen atoms in total. The number of carbonyl (C=O) groups is 1. The highest BCUT2D eigenvalue weighted by Crippen LogP contribution is 2.53. The van der Waals surface area contributed by atoms with Gasteiger partial charge in [0.2, 0.25) is 5.78 Å². The van der Waals surface area contributed by atoms with Crippen LogP contribution in [0.25, 0.3) is 0 Å². The fourth-order valence-corrected chi connectivity index (χ4v) is 1.80. The van der Waals surface area contributed by atoms with Gasteiger partial charge in [-0.15, -0.1) is 0 Å². The highest BCUT2D eigenvalue weighted by molar-refractivity contribution is 6.30. The molecule has 0 aromatic heterocycles. The third-order valence-electron chi connectivity index (χ3n) is 2.86. The summed E-state index contributed by atoms with van der Waals surface area (Å²) in [7, 11) is 0. The van der Waals surface area contributed by atoms with E-state index in [1.54, 1.807) is 0 Å². The first-order valence-electron chi connectivity index (χ1n) is 5.58. The standard InChI is InChI=1S/C12H6ClF9O/c1-5-4-6(13)2-3-7(5)8(23)9(14,15)10(16,17)11(18,19)12(20,21)22/h2-4H,1H3. The number of rotatable bonds is 4. The number of carbonyl (C=O) groups excluding carboxylic acids is 1. The SMILES string of the molecule is Cc1cc(Cl)ccc1C(=O)C(F)(F)C(F)(F)C(F)(F)C(F)(F)F. The van der Waals surface area contributed by atoms with Crippen molar-refractivity contribution in [3.05, 3.63) is 34.3 Å². The number of hydrogen-bond acceptors (Lipinski definition) is 1. The quantitative estimate of drug-likeness (QED) is 0.518. The summed E-state index contributed by atoms with van der Waals surface area (Å²) in [6, 6.07) is 2.22. The molecule has 23 heavy (non-hydrogen) atoms.